The number of rotatable bonds is 11. The summed E-state index contributed by atoms with van der Waals surface area (Å²) < 4.78 is 18.4. The Morgan fingerprint density at radius 2 is 1.68 bits per heavy atom. The highest BCUT2D eigenvalue weighted by atomic mass is 32.2. The summed E-state index contributed by atoms with van der Waals surface area (Å²) in [6, 6.07) is 13.1. The van der Waals surface area contributed by atoms with Gasteiger partial charge in [0, 0.05) is 18.3 Å². The van der Waals surface area contributed by atoms with E-state index in [4.69, 9.17) is 4.74 Å². The number of thioether (sulfide) groups is 1. The van der Waals surface area contributed by atoms with Crippen LogP contribution in [0.2, 0.25) is 0 Å². The third kappa shape index (κ3) is 7.90. The molecule has 168 valence electrons. The van der Waals surface area contributed by atoms with Crippen LogP contribution in [0.3, 0.4) is 0 Å². The van der Waals surface area contributed by atoms with Gasteiger partial charge < -0.3 is 15.0 Å². The molecular formula is C24H31FN2O3S. The van der Waals surface area contributed by atoms with Crippen LogP contribution < -0.4 is 10.1 Å². The summed E-state index contributed by atoms with van der Waals surface area (Å²) in [5.74, 6) is 1.05. The molecular weight excluding hydrogens is 415 g/mol. The number of benzene rings is 2. The van der Waals surface area contributed by atoms with E-state index < -0.39 is 6.04 Å². The molecule has 0 radical (unpaired) electrons. The van der Waals surface area contributed by atoms with E-state index in [2.05, 4.69) is 5.32 Å². The molecule has 0 aliphatic carbocycles. The number of carbonyl (C=O) groups is 2. The third-order valence-electron chi connectivity index (χ3n) is 5.09. The predicted octanol–water partition coefficient (Wildman–Crippen LogP) is 4.40. The topological polar surface area (TPSA) is 58.6 Å². The maximum atomic E-state index is 13.3. The average Bonchev–Trinajstić information content (AvgIpc) is 2.78. The molecule has 2 aromatic carbocycles. The molecule has 2 unspecified atom stereocenters. The number of hydrogen-bond acceptors (Lipinski definition) is 4. The second-order valence-electron chi connectivity index (χ2n) is 7.48. The van der Waals surface area contributed by atoms with Crippen molar-refractivity contribution in [2.24, 2.45) is 0 Å². The molecule has 0 aromatic heterocycles. The second-order valence-corrected chi connectivity index (χ2v) is 8.47. The van der Waals surface area contributed by atoms with E-state index in [0.717, 1.165) is 23.3 Å². The highest BCUT2D eigenvalue weighted by Gasteiger charge is 2.26. The molecule has 0 saturated carbocycles. The Balaban J connectivity index is 2.04. The predicted molar refractivity (Wildman–Crippen MR) is 123 cm³/mol. The number of methoxy groups -OCH3 is 1. The molecule has 7 heteroatoms. The summed E-state index contributed by atoms with van der Waals surface area (Å²) in [5, 5.41) is 2.94. The first-order chi connectivity index (χ1) is 14.8. The van der Waals surface area contributed by atoms with Crippen molar-refractivity contribution in [2.45, 2.75) is 51.6 Å². The second kappa shape index (κ2) is 12.3. The van der Waals surface area contributed by atoms with Crippen LogP contribution in [-0.4, -0.2) is 41.7 Å². The first-order valence-corrected chi connectivity index (χ1v) is 11.5. The van der Waals surface area contributed by atoms with Gasteiger partial charge in [-0.2, -0.15) is 0 Å². The number of ether oxygens (including phenoxy) is 1. The van der Waals surface area contributed by atoms with E-state index in [1.165, 1.54) is 23.9 Å². The zero-order valence-corrected chi connectivity index (χ0v) is 19.4. The smallest absolute Gasteiger partial charge is 0.242 e. The van der Waals surface area contributed by atoms with Crippen molar-refractivity contribution in [1.82, 2.24) is 10.2 Å². The zero-order chi connectivity index (χ0) is 22.8. The van der Waals surface area contributed by atoms with Crippen molar-refractivity contribution in [2.75, 3.05) is 12.9 Å². The van der Waals surface area contributed by atoms with Gasteiger partial charge in [0.25, 0.3) is 0 Å². The van der Waals surface area contributed by atoms with Crippen molar-refractivity contribution in [3.05, 3.63) is 65.5 Å². The largest absolute Gasteiger partial charge is 0.497 e. The Hall–Kier alpha value is -2.54. The van der Waals surface area contributed by atoms with Gasteiger partial charge in [-0.1, -0.05) is 31.2 Å². The highest BCUT2D eigenvalue weighted by molar-refractivity contribution is 7.99. The summed E-state index contributed by atoms with van der Waals surface area (Å²) in [5.41, 5.74) is 1.87. The maximum Gasteiger partial charge on any atom is 0.242 e. The molecule has 2 rings (SSSR count). The summed E-state index contributed by atoms with van der Waals surface area (Å²) in [6.45, 7) is 5.90. The van der Waals surface area contributed by atoms with Crippen molar-refractivity contribution >= 4 is 23.6 Å². The van der Waals surface area contributed by atoms with Gasteiger partial charge in [-0.15, -0.1) is 11.8 Å². The normalized spacial score (nSPS) is 12.7. The number of nitrogens with one attached hydrogen (secondary N) is 1. The molecule has 0 saturated heterocycles. The lowest BCUT2D eigenvalue weighted by Crippen LogP contribution is -2.50. The molecule has 0 aliphatic heterocycles. The number of hydrogen-bond donors (Lipinski definition) is 1. The minimum absolute atomic E-state index is 0.0298. The molecule has 5 nitrogen and oxygen atoms in total. The van der Waals surface area contributed by atoms with Gasteiger partial charge in [0.2, 0.25) is 11.8 Å². The fourth-order valence-electron chi connectivity index (χ4n) is 2.90. The van der Waals surface area contributed by atoms with Crippen molar-refractivity contribution < 1.29 is 18.7 Å². The Morgan fingerprint density at radius 3 is 2.26 bits per heavy atom. The van der Waals surface area contributed by atoms with E-state index in [0.29, 0.717) is 5.75 Å². The van der Waals surface area contributed by atoms with Crippen molar-refractivity contribution in [3.8, 4) is 5.75 Å². The lowest BCUT2D eigenvalue weighted by atomic mass is 10.1. The van der Waals surface area contributed by atoms with Crippen molar-refractivity contribution in [3.63, 3.8) is 0 Å². The van der Waals surface area contributed by atoms with E-state index in [1.807, 2.05) is 38.1 Å². The third-order valence-corrected chi connectivity index (χ3v) is 6.08. The summed E-state index contributed by atoms with van der Waals surface area (Å²) >= 11 is 1.49. The van der Waals surface area contributed by atoms with E-state index in [1.54, 1.807) is 31.1 Å². The average molecular weight is 447 g/mol. The lowest BCUT2D eigenvalue weighted by Gasteiger charge is -2.29. The Labute approximate surface area is 188 Å². The molecule has 1 N–H and O–H groups in total. The van der Waals surface area contributed by atoms with E-state index in [-0.39, 0.29) is 36.0 Å². The van der Waals surface area contributed by atoms with Gasteiger partial charge in [-0.25, -0.2) is 4.39 Å². The molecule has 2 atom stereocenters. The fraction of sp³-hybridized carbons (Fsp3) is 0.417. The van der Waals surface area contributed by atoms with Crippen LogP contribution in [0.5, 0.6) is 5.75 Å². The molecule has 0 fully saturated rings. The lowest BCUT2D eigenvalue weighted by molar-refractivity contribution is -0.138. The van der Waals surface area contributed by atoms with Gasteiger partial charge in [0.15, 0.2) is 0 Å². The number of amides is 2. The minimum atomic E-state index is -0.631. The van der Waals surface area contributed by atoms with E-state index in [9.17, 15) is 14.0 Å². The highest BCUT2D eigenvalue weighted by Crippen LogP contribution is 2.18. The van der Waals surface area contributed by atoms with Gasteiger partial charge in [0.1, 0.15) is 17.6 Å². The number of carbonyl (C=O) groups excluding carboxylic acids is 2. The van der Waals surface area contributed by atoms with Crippen LogP contribution in [0.1, 0.15) is 38.3 Å². The summed E-state index contributed by atoms with van der Waals surface area (Å²) in [4.78, 5) is 27.3. The Morgan fingerprint density at radius 1 is 1.06 bits per heavy atom. The number of nitrogens with zero attached hydrogens (tertiary/aromatic N) is 1. The van der Waals surface area contributed by atoms with Crippen LogP contribution in [0.25, 0.3) is 0 Å². The van der Waals surface area contributed by atoms with Gasteiger partial charge >= 0.3 is 0 Å². The molecule has 0 bridgehead atoms. The van der Waals surface area contributed by atoms with Crippen LogP contribution in [0, 0.1) is 5.82 Å². The van der Waals surface area contributed by atoms with E-state index >= 15 is 0 Å². The summed E-state index contributed by atoms with van der Waals surface area (Å²) in [7, 11) is 1.62. The monoisotopic (exact) mass is 446 g/mol. The molecule has 0 heterocycles. The quantitative estimate of drug-likeness (QED) is 0.556. The molecule has 0 spiro atoms. The van der Waals surface area contributed by atoms with Crippen molar-refractivity contribution in [1.29, 1.82) is 0 Å². The number of halogens is 1. The van der Waals surface area contributed by atoms with Crippen LogP contribution in [-0.2, 0) is 21.9 Å². The molecule has 2 aromatic rings. The maximum absolute atomic E-state index is 13.3. The van der Waals surface area contributed by atoms with Crippen LogP contribution in [0.15, 0.2) is 48.5 Å². The van der Waals surface area contributed by atoms with Gasteiger partial charge in [-0.05, 0) is 55.7 Å². The molecule has 31 heavy (non-hydrogen) atoms. The molecule has 2 amide bonds. The van der Waals surface area contributed by atoms with Crippen LogP contribution >= 0.6 is 11.8 Å². The SMILES string of the molecule is CCC(C)NC(=O)C(C)N(Cc1ccc(F)cc1)C(=O)CSCc1ccc(OC)cc1. The minimum Gasteiger partial charge on any atom is -0.497 e. The first-order valence-electron chi connectivity index (χ1n) is 10.4. The summed E-state index contributed by atoms with van der Waals surface area (Å²) in [6.07, 6.45) is 0.808. The Kier molecular flexibility index (Phi) is 9.85. The molecule has 0 aliphatic rings. The first kappa shape index (κ1) is 24.7. The van der Waals surface area contributed by atoms with Gasteiger partial charge in [-0.3, -0.25) is 9.59 Å². The van der Waals surface area contributed by atoms with Gasteiger partial charge in [0.05, 0.1) is 12.9 Å². The zero-order valence-electron chi connectivity index (χ0n) is 18.6. The standard InChI is InChI=1S/C24H31FN2O3S/c1-5-17(2)26-24(29)18(3)27(14-19-6-10-21(25)11-7-19)23(28)16-31-15-20-8-12-22(30-4)13-9-20/h6-13,17-18H,5,14-16H2,1-4H3,(H,26,29). The Bertz CT molecular complexity index is 843. The van der Waals surface area contributed by atoms with Crippen LogP contribution in [0.4, 0.5) is 4.39 Å². The fourth-order valence-corrected chi connectivity index (χ4v) is 3.77.